The molecule has 2 rings (SSSR count). The molecule has 0 spiro atoms. The van der Waals surface area contributed by atoms with E-state index in [2.05, 4.69) is 55.5 Å². The molecule has 0 radical (unpaired) electrons. The van der Waals surface area contributed by atoms with E-state index in [1.807, 2.05) is 0 Å². The van der Waals surface area contributed by atoms with Crippen LogP contribution < -0.4 is 0 Å². The van der Waals surface area contributed by atoms with Crippen LogP contribution in [0, 0.1) is 6.92 Å². The molecule has 2 aromatic rings. The van der Waals surface area contributed by atoms with Gasteiger partial charge in [0.2, 0.25) is 0 Å². The molecule has 0 bridgehead atoms. The van der Waals surface area contributed by atoms with Gasteiger partial charge in [-0.1, -0.05) is 42.0 Å². The van der Waals surface area contributed by atoms with Crippen LogP contribution in [-0.4, -0.2) is 17.5 Å². The molecule has 1 N–H and O–H groups in total. The van der Waals surface area contributed by atoms with Gasteiger partial charge in [-0.2, -0.15) is 0 Å². The van der Waals surface area contributed by atoms with Gasteiger partial charge in [0.05, 0.1) is 6.61 Å². The lowest BCUT2D eigenvalue weighted by atomic mass is 10.0. The molecular formula is C16H18OS. The summed E-state index contributed by atoms with van der Waals surface area (Å²) < 4.78 is 0. The van der Waals surface area contributed by atoms with Gasteiger partial charge in [-0.25, -0.2) is 0 Å². The Hall–Kier alpha value is -1.25. The Morgan fingerprint density at radius 3 is 2.00 bits per heavy atom. The summed E-state index contributed by atoms with van der Waals surface area (Å²) in [6.07, 6.45) is 0.977. The predicted molar refractivity (Wildman–Crippen MR) is 78.2 cm³/mol. The van der Waals surface area contributed by atoms with Crippen LogP contribution in [0.1, 0.15) is 16.7 Å². The highest BCUT2D eigenvalue weighted by Crippen LogP contribution is 2.19. The summed E-state index contributed by atoms with van der Waals surface area (Å²) >= 11 is 1.69. The number of hydrogen-bond donors (Lipinski definition) is 1. The number of thioether (sulfide) groups is 1. The Balaban J connectivity index is 1.99. The second-order valence-electron chi connectivity index (χ2n) is 4.38. The molecule has 0 unspecified atom stereocenters. The zero-order valence-corrected chi connectivity index (χ0v) is 11.4. The van der Waals surface area contributed by atoms with Gasteiger partial charge in [0.25, 0.3) is 0 Å². The summed E-state index contributed by atoms with van der Waals surface area (Å²) in [6.45, 7) is 2.34. The standard InChI is InChI=1S/C16H18OS/c1-13-2-4-14(5-3-13)12-15-6-8-16(9-7-15)18-11-10-17/h2-9,17H,10-12H2,1H3. The first kappa shape index (κ1) is 13.2. The number of aryl methyl sites for hydroxylation is 1. The molecule has 0 aliphatic carbocycles. The minimum absolute atomic E-state index is 0.232. The third-order valence-electron chi connectivity index (χ3n) is 2.81. The molecule has 0 aromatic heterocycles. The van der Waals surface area contributed by atoms with Crippen LogP contribution in [0.5, 0.6) is 0 Å². The largest absolute Gasteiger partial charge is 0.396 e. The van der Waals surface area contributed by atoms with Crippen LogP contribution in [-0.2, 0) is 6.42 Å². The van der Waals surface area contributed by atoms with Gasteiger partial charge in [-0.05, 0) is 36.6 Å². The highest BCUT2D eigenvalue weighted by molar-refractivity contribution is 7.99. The Kier molecular flexibility index (Phi) is 4.85. The first-order valence-corrected chi connectivity index (χ1v) is 7.14. The molecular weight excluding hydrogens is 240 g/mol. The average molecular weight is 258 g/mol. The SMILES string of the molecule is Cc1ccc(Cc2ccc(SCCO)cc2)cc1. The number of benzene rings is 2. The highest BCUT2D eigenvalue weighted by Gasteiger charge is 1.98. The summed E-state index contributed by atoms with van der Waals surface area (Å²) in [7, 11) is 0. The van der Waals surface area contributed by atoms with E-state index in [1.165, 1.54) is 21.6 Å². The van der Waals surface area contributed by atoms with E-state index in [9.17, 15) is 0 Å². The van der Waals surface area contributed by atoms with Crippen molar-refractivity contribution in [3.05, 3.63) is 65.2 Å². The van der Waals surface area contributed by atoms with E-state index < -0.39 is 0 Å². The summed E-state index contributed by atoms with van der Waals surface area (Å²) in [4.78, 5) is 1.22. The van der Waals surface area contributed by atoms with Gasteiger partial charge in [0.1, 0.15) is 0 Å². The second kappa shape index (κ2) is 6.62. The molecule has 0 atom stereocenters. The number of aliphatic hydroxyl groups excluding tert-OH is 1. The lowest BCUT2D eigenvalue weighted by Crippen LogP contribution is -1.89. The molecule has 0 aliphatic rings. The van der Waals surface area contributed by atoms with Gasteiger partial charge in [-0.15, -0.1) is 11.8 Å². The van der Waals surface area contributed by atoms with Crippen molar-refractivity contribution in [2.24, 2.45) is 0 Å². The van der Waals surface area contributed by atoms with Crippen molar-refractivity contribution in [1.82, 2.24) is 0 Å². The summed E-state index contributed by atoms with van der Waals surface area (Å²) in [5.74, 6) is 0.761. The topological polar surface area (TPSA) is 20.2 Å². The van der Waals surface area contributed by atoms with Crippen LogP contribution in [0.25, 0.3) is 0 Å². The van der Waals surface area contributed by atoms with Crippen molar-refractivity contribution >= 4 is 11.8 Å². The monoisotopic (exact) mass is 258 g/mol. The van der Waals surface area contributed by atoms with Crippen LogP contribution in [0.15, 0.2) is 53.4 Å². The Morgan fingerprint density at radius 2 is 1.44 bits per heavy atom. The molecule has 94 valence electrons. The number of hydrogen-bond acceptors (Lipinski definition) is 2. The van der Waals surface area contributed by atoms with Crippen molar-refractivity contribution in [1.29, 1.82) is 0 Å². The average Bonchev–Trinajstić information content (AvgIpc) is 2.41. The maximum Gasteiger partial charge on any atom is 0.0525 e. The molecule has 0 fully saturated rings. The zero-order valence-electron chi connectivity index (χ0n) is 10.6. The van der Waals surface area contributed by atoms with Crippen LogP contribution >= 0.6 is 11.8 Å². The number of aliphatic hydroxyl groups is 1. The molecule has 0 aliphatic heterocycles. The molecule has 18 heavy (non-hydrogen) atoms. The third kappa shape index (κ3) is 3.90. The predicted octanol–water partition coefficient (Wildman–Crippen LogP) is 3.67. The van der Waals surface area contributed by atoms with E-state index in [-0.39, 0.29) is 6.61 Å². The molecule has 0 heterocycles. The molecule has 1 nitrogen and oxygen atoms in total. The molecule has 2 aromatic carbocycles. The van der Waals surface area contributed by atoms with Crippen LogP contribution in [0.3, 0.4) is 0 Å². The minimum Gasteiger partial charge on any atom is -0.396 e. The van der Waals surface area contributed by atoms with Gasteiger partial charge in [0, 0.05) is 10.6 Å². The first-order valence-electron chi connectivity index (χ1n) is 6.16. The zero-order chi connectivity index (χ0) is 12.8. The maximum atomic E-state index is 8.78. The maximum absolute atomic E-state index is 8.78. The van der Waals surface area contributed by atoms with Gasteiger partial charge >= 0.3 is 0 Å². The van der Waals surface area contributed by atoms with Crippen molar-refractivity contribution < 1.29 is 5.11 Å². The van der Waals surface area contributed by atoms with Crippen LogP contribution in [0.4, 0.5) is 0 Å². The van der Waals surface area contributed by atoms with Gasteiger partial charge in [0.15, 0.2) is 0 Å². The van der Waals surface area contributed by atoms with Crippen LogP contribution in [0.2, 0.25) is 0 Å². The second-order valence-corrected chi connectivity index (χ2v) is 5.55. The van der Waals surface area contributed by atoms with E-state index in [0.29, 0.717) is 0 Å². The van der Waals surface area contributed by atoms with E-state index in [1.54, 1.807) is 11.8 Å². The highest BCUT2D eigenvalue weighted by atomic mass is 32.2. The fourth-order valence-corrected chi connectivity index (χ4v) is 2.46. The fourth-order valence-electron chi connectivity index (χ4n) is 1.81. The smallest absolute Gasteiger partial charge is 0.0525 e. The minimum atomic E-state index is 0.232. The Bertz CT molecular complexity index is 473. The Labute approximate surface area is 113 Å². The summed E-state index contributed by atoms with van der Waals surface area (Å²) in [6, 6.07) is 17.3. The lowest BCUT2D eigenvalue weighted by Gasteiger charge is -2.04. The first-order chi connectivity index (χ1) is 8.78. The third-order valence-corrected chi connectivity index (χ3v) is 3.80. The summed E-state index contributed by atoms with van der Waals surface area (Å²) in [5, 5.41) is 8.78. The Morgan fingerprint density at radius 1 is 0.889 bits per heavy atom. The lowest BCUT2D eigenvalue weighted by molar-refractivity contribution is 0.322. The molecule has 0 amide bonds. The van der Waals surface area contributed by atoms with E-state index in [4.69, 9.17) is 5.11 Å². The summed E-state index contributed by atoms with van der Waals surface area (Å²) in [5.41, 5.74) is 3.97. The van der Waals surface area contributed by atoms with E-state index in [0.717, 1.165) is 12.2 Å². The quantitative estimate of drug-likeness (QED) is 0.826. The van der Waals surface area contributed by atoms with Gasteiger partial charge in [-0.3, -0.25) is 0 Å². The van der Waals surface area contributed by atoms with E-state index >= 15 is 0 Å². The normalized spacial score (nSPS) is 10.6. The molecule has 2 heteroatoms. The molecule has 0 saturated carbocycles. The van der Waals surface area contributed by atoms with Crippen molar-refractivity contribution in [3.8, 4) is 0 Å². The molecule has 0 saturated heterocycles. The van der Waals surface area contributed by atoms with Crippen molar-refractivity contribution in [2.45, 2.75) is 18.2 Å². The fraction of sp³-hybridized carbons (Fsp3) is 0.250. The van der Waals surface area contributed by atoms with Gasteiger partial charge < -0.3 is 5.11 Å². The number of rotatable bonds is 5. The van der Waals surface area contributed by atoms with Crippen molar-refractivity contribution in [2.75, 3.05) is 12.4 Å². The van der Waals surface area contributed by atoms with Crippen molar-refractivity contribution in [3.63, 3.8) is 0 Å².